The Morgan fingerprint density at radius 2 is 1.50 bits per heavy atom. The highest BCUT2D eigenvalue weighted by atomic mass is 16.7. The number of aliphatic hydroxyl groups excluding tert-OH is 3. The van der Waals surface area contributed by atoms with Crippen molar-refractivity contribution in [3.63, 3.8) is 0 Å². The van der Waals surface area contributed by atoms with Gasteiger partial charge in [-0.3, -0.25) is 9.69 Å². The summed E-state index contributed by atoms with van der Waals surface area (Å²) >= 11 is 0. The third-order valence-electron chi connectivity index (χ3n) is 13.2. The number of carbonyl (C=O) groups excluding carboxylic acids is 1. The third kappa shape index (κ3) is 10.2. The first kappa shape index (κ1) is 45.7. The molecule has 0 radical (unpaired) electrons. The van der Waals surface area contributed by atoms with Crippen molar-refractivity contribution >= 4 is 5.97 Å². The van der Waals surface area contributed by atoms with Crippen LogP contribution in [0.15, 0.2) is 0 Å². The molecule has 4 rings (SSSR count). The molecular formula is C40H74N2O12. The van der Waals surface area contributed by atoms with Gasteiger partial charge in [-0.25, -0.2) is 0 Å². The second kappa shape index (κ2) is 18.7. The van der Waals surface area contributed by atoms with Crippen LogP contribution in [-0.4, -0.2) is 167 Å². The van der Waals surface area contributed by atoms with Crippen LogP contribution in [0.4, 0.5) is 0 Å². The number of carbonyl (C=O) groups is 1. The van der Waals surface area contributed by atoms with Gasteiger partial charge in [0.2, 0.25) is 0 Å². The van der Waals surface area contributed by atoms with Gasteiger partial charge in [0.05, 0.1) is 41.5 Å². The molecular weight excluding hydrogens is 700 g/mol. The summed E-state index contributed by atoms with van der Waals surface area (Å²) in [5, 5.41) is 46.1. The molecule has 0 spiro atoms. The van der Waals surface area contributed by atoms with Crippen LogP contribution < -0.4 is 0 Å². The Bertz CT molecular complexity index is 1190. The first-order valence-corrected chi connectivity index (χ1v) is 20.3. The van der Waals surface area contributed by atoms with E-state index >= 15 is 0 Å². The van der Waals surface area contributed by atoms with E-state index in [0.29, 0.717) is 19.4 Å². The average Bonchev–Trinajstić information content (AvgIpc) is 3.66. The molecule has 0 unspecified atom stereocenters. The monoisotopic (exact) mass is 775 g/mol. The molecule has 4 saturated heterocycles. The molecule has 54 heavy (non-hydrogen) atoms. The number of hydrogen-bond donors (Lipinski definition) is 4. The molecule has 14 heteroatoms. The van der Waals surface area contributed by atoms with E-state index in [2.05, 4.69) is 11.8 Å². The highest BCUT2D eigenvalue weighted by Crippen LogP contribution is 2.39. The number of cyclic esters (lactones) is 1. The minimum Gasteiger partial charge on any atom is -0.459 e. The summed E-state index contributed by atoms with van der Waals surface area (Å²) in [6.45, 7) is 18.9. The van der Waals surface area contributed by atoms with Gasteiger partial charge in [-0.05, 0) is 107 Å². The van der Waals surface area contributed by atoms with E-state index in [9.17, 15) is 25.2 Å². The van der Waals surface area contributed by atoms with Crippen LogP contribution in [0.25, 0.3) is 0 Å². The van der Waals surface area contributed by atoms with Gasteiger partial charge in [-0.1, -0.05) is 13.8 Å². The number of methoxy groups -OCH3 is 2. The summed E-state index contributed by atoms with van der Waals surface area (Å²) in [4.78, 5) is 18.5. The molecule has 0 bridgehead atoms. The second-order valence-corrected chi connectivity index (χ2v) is 17.6. The van der Waals surface area contributed by atoms with Gasteiger partial charge in [0.25, 0.3) is 0 Å². The first-order chi connectivity index (χ1) is 25.2. The van der Waals surface area contributed by atoms with Gasteiger partial charge in [0, 0.05) is 45.7 Å². The largest absolute Gasteiger partial charge is 0.459 e. The Hall–Kier alpha value is -1.01. The lowest BCUT2D eigenvalue weighted by molar-refractivity contribution is -0.309. The fourth-order valence-corrected chi connectivity index (χ4v) is 9.26. The maximum absolute atomic E-state index is 14.2. The summed E-state index contributed by atoms with van der Waals surface area (Å²) in [5.41, 5.74) is -3.72. The van der Waals surface area contributed by atoms with Crippen molar-refractivity contribution in [2.24, 2.45) is 11.8 Å². The standard InChI is InChI=1S/C40H74N2O12/c1-13-30-40(9,47)34(44)26(5)41(10)22-23(2)20-38(7,48-11)31(54-37-33(43)28(18-24(3)50-37)42-16-14-15-17-42)19-29(25(4)36(46)53-30)52-32-21-39(8,49-12)35(45)27(6)51-32/h23-35,37,43-45,47H,13-22H2,1-12H3/t23-,24-,25-,26-,27+,28+,29+,30-,31-,32+,33-,34-,35+,37+,38-,39-,40-/m1/s1. The molecule has 4 aliphatic rings. The number of aliphatic hydroxyl groups is 4. The lowest BCUT2D eigenvalue weighted by atomic mass is 9.83. The van der Waals surface area contributed by atoms with Crippen molar-refractivity contribution in [2.75, 3.05) is 40.9 Å². The summed E-state index contributed by atoms with van der Waals surface area (Å²) in [6.07, 6.45) is -4.52. The third-order valence-corrected chi connectivity index (χ3v) is 13.2. The van der Waals surface area contributed by atoms with Gasteiger partial charge in [0.1, 0.15) is 30.0 Å². The van der Waals surface area contributed by atoms with Crippen molar-refractivity contribution < 1.29 is 58.4 Å². The van der Waals surface area contributed by atoms with Gasteiger partial charge in [-0.15, -0.1) is 0 Å². The van der Waals surface area contributed by atoms with Crippen LogP contribution in [0, 0.1) is 11.8 Å². The Kier molecular flexibility index (Phi) is 15.8. The smallest absolute Gasteiger partial charge is 0.311 e. The Morgan fingerprint density at radius 1 is 0.870 bits per heavy atom. The van der Waals surface area contributed by atoms with Crippen LogP contribution in [0.3, 0.4) is 0 Å². The lowest BCUT2D eigenvalue weighted by Gasteiger charge is -2.47. The van der Waals surface area contributed by atoms with Crippen LogP contribution in [0.2, 0.25) is 0 Å². The van der Waals surface area contributed by atoms with E-state index in [-0.39, 0.29) is 37.3 Å². The van der Waals surface area contributed by atoms with E-state index in [0.717, 1.165) is 25.9 Å². The molecule has 0 aliphatic carbocycles. The van der Waals surface area contributed by atoms with E-state index in [1.807, 2.05) is 32.7 Å². The first-order valence-electron chi connectivity index (χ1n) is 20.3. The highest BCUT2D eigenvalue weighted by Gasteiger charge is 2.51. The zero-order valence-electron chi connectivity index (χ0n) is 35.1. The topological polar surface area (TPSA) is 169 Å². The van der Waals surface area contributed by atoms with Crippen LogP contribution in [-0.2, 0) is 38.0 Å². The van der Waals surface area contributed by atoms with Crippen LogP contribution in [0.5, 0.6) is 0 Å². The highest BCUT2D eigenvalue weighted by molar-refractivity contribution is 5.73. The molecule has 0 saturated carbocycles. The second-order valence-electron chi connectivity index (χ2n) is 17.6. The summed E-state index contributed by atoms with van der Waals surface area (Å²) < 4.78 is 44.4. The van der Waals surface area contributed by atoms with Gasteiger partial charge in [0.15, 0.2) is 12.6 Å². The normalized spacial score (nSPS) is 48.6. The molecule has 4 aliphatic heterocycles. The summed E-state index contributed by atoms with van der Waals surface area (Å²) in [5.74, 6) is -1.54. The molecule has 0 aromatic heterocycles. The van der Waals surface area contributed by atoms with E-state index < -0.39 is 90.0 Å². The molecule has 17 atom stereocenters. The minimum atomic E-state index is -1.76. The zero-order valence-corrected chi connectivity index (χ0v) is 35.1. The number of rotatable bonds is 8. The molecule has 0 amide bonds. The molecule has 316 valence electrons. The number of esters is 1. The molecule has 4 fully saturated rings. The number of likely N-dealkylation sites (N-methyl/N-ethyl adjacent to an activating group) is 1. The summed E-state index contributed by atoms with van der Waals surface area (Å²) in [7, 11) is 5.07. The number of likely N-dealkylation sites (tertiary alicyclic amines) is 1. The van der Waals surface area contributed by atoms with E-state index in [4.69, 9.17) is 33.2 Å². The zero-order chi connectivity index (χ0) is 40.3. The average molecular weight is 775 g/mol. The Labute approximate surface area is 324 Å². The predicted molar refractivity (Wildman–Crippen MR) is 202 cm³/mol. The van der Waals surface area contributed by atoms with Crippen LogP contribution in [0.1, 0.15) is 107 Å². The van der Waals surface area contributed by atoms with Crippen molar-refractivity contribution in [3.05, 3.63) is 0 Å². The quantitative estimate of drug-likeness (QED) is 0.266. The molecule has 4 N–H and O–H groups in total. The summed E-state index contributed by atoms with van der Waals surface area (Å²) in [6, 6.07) is -0.617. The number of ether oxygens (including phenoxy) is 7. The van der Waals surface area contributed by atoms with Crippen molar-refractivity contribution in [1.82, 2.24) is 9.80 Å². The molecule has 0 aromatic rings. The maximum Gasteiger partial charge on any atom is 0.311 e. The van der Waals surface area contributed by atoms with Crippen molar-refractivity contribution in [3.8, 4) is 0 Å². The molecule has 4 heterocycles. The van der Waals surface area contributed by atoms with Crippen LogP contribution >= 0.6 is 0 Å². The maximum atomic E-state index is 14.2. The van der Waals surface area contributed by atoms with Gasteiger partial charge < -0.3 is 58.5 Å². The van der Waals surface area contributed by atoms with Gasteiger partial charge in [-0.2, -0.15) is 0 Å². The van der Waals surface area contributed by atoms with Gasteiger partial charge >= 0.3 is 5.97 Å². The fraction of sp³-hybridized carbons (Fsp3) is 0.975. The van der Waals surface area contributed by atoms with Crippen molar-refractivity contribution in [2.45, 2.75) is 198 Å². The minimum absolute atomic E-state index is 0.00678. The van der Waals surface area contributed by atoms with E-state index in [1.165, 1.54) is 14.0 Å². The predicted octanol–water partition coefficient (Wildman–Crippen LogP) is 2.84. The SMILES string of the molecule is CC[C@H]1OC(=O)[C@H](C)[C@@H](O[C@H]2C[C@@](C)(OC)[C@@H](O)[C@H](C)O2)C[C@@H](O[C@@H]2O[C@H](C)C[C@H](N3CCCC3)[C@H]2O)[C@](C)(OC)C[C@@H](C)CN(C)[C@H](C)[C@@H](O)[C@]1(C)O. The van der Waals surface area contributed by atoms with Crippen molar-refractivity contribution in [1.29, 1.82) is 0 Å². The van der Waals surface area contributed by atoms with E-state index in [1.54, 1.807) is 34.8 Å². The number of hydrogen-bond acceptors (Lipinski definition) is 14. The molecule has 0 aromatic carbocycles. The molecule has 14 nitrogen and oxygen atoms in total. The Balaban J connectivity index is 1.78. The fourth-order valence-electron chi connectivity index (χ4n) is 9.26. The Morgan fingerprint density at radius 3 is 2.09 bits per heavy atom. The lowest BCUT2D eigenvalue weighted by Crippen LogP contribution is -2.59. The number of nitrogens with zero attached hydrogens (tertiary/aromatic N) is 2.